The Morgan fingerprint density at radius 2 is 2.00 bits per heavy atom. The molecule has 2 aromatic rings. The van der Waals surface area contributed by atoms with Gasteiger partial charge in [0.25, 0.3) is 5.56 Å². The summed E-state index contributed by atoms with van der Waals surface area (Å²) in [7, 11) is 0. The van der Waals surface area contributed by atoms with E-state index in [4.69, 9.17) is 0 Å². The molecule has 1 aromatic carbocycles. The first kappa shape index (κ1) is 11.8. The quantitative estimate of drug-likeness (QED) is 0.929. The Labute approximate surface area is 114 Å². The molecule has 18 heavy (non-hydrogen) atoms. The standard InChI is InChI=1S/C14H15BrN2O/c1-9-2-4-10(5-3-9)8-17-14(18)12(15)13(16-17)11-6-7-11/h2-5,11,16H,6-8H2,1H3. The zero-order chi connectivity index (χ0) is 12.7. The highest BCUT2D eigenvalue weighted by Gasteiger charge is 2.29. The zero-order valence-corrected chi connectivity index (χ0v) is 11.8. The summed E-state index contributed by atoms with van der Waals surface area (Å²) in [5.74, 6) is 0.548. The van der Waals surface area contributed by atoms with E-state index in [0.29, 0.717) is 16.9 Å². The number of benzene rings is 1. The minimum absolute atomic E-state index is 0.0393. The molecule has 1 aliphatic rings. The van der Waals surface area contributed by atoms with Crippen molar-refractivity contribution in [3.8, 4) is 0 Å². The van der Waals surface area contributed by atoms with Gasteiger partial charge in [0.1, 0.15) is 4.47 Å². The third-order valence-corrected chi connectivity index (χ3v) is 4.14. The molecule has 3 rings (SSSR count). The molecule has 1 aromatic heterocycles. The molecule has 0 bridgehead atoms. The Morgan fingerprint density at radius 1 is 1.33 bits per heavy atom. The number of nitrogens with one attached hydrogen (secondary N) is 1. The number of rotatable bonds is 3. The van der Waals surface area contributed by atoms with Crippen molar-refractivity contribution in [3.63, 3.8) is 0 Å². The Kier molecular flexibility index (Phi) is 2.90. The Balaban J connectivity index is 1.90. The molecule has 0 unspecified atom stereocenters. The van der Waals surface area contributed by atoms with Crippen LogP contribution in [-0.4, -0.2) is 9.78 Å². The average Bonchev–Trinajstić information content (AvgIpc) is 3.15. The monoisotopic (exact) mass is 306 g/mol. The highest BCUT2D eigenvalue weighted by Crippen LogP contribution is 2.41. The van der Waals surface area contributed by atoms with Gasteiger partial charge in [-0.3, -0.25) is 9.89 Å². The third kappa shape index (κ3) is 2.17. The molecule has 0 aliphatic heterocycles. The van der Waals surface area contributed by atoms with E-state index in [1.54, 1.807) is 4.68 Å². The molecule has 4 heteroatoms. The van der Waals surface area contributed by atoms with E-state index in [1.165, 1.54) is 18.4 Å². The van der Waals surface area contributed by atoms with Crippen LogP contribution >= 0.6 is 15.9 Å². The normalized spacial score (nSPS) is 15.0. The number of H-pyrrole nitrogens is 1. The van der Waals surface area contributed by atoms with Crippen molar-refractivity contribution in [2.75, 3.05) is 0 Å². The highest BCUT2D eigenvalue weighted by molar-refractivity contribution is 9.10. The van der Waals surface area contributed by atoms with Crippen molar-refractivity contribution in [3.05, 3.63) is 55.9 Å². The van der Waals surface area contributed by atoms with Gasteiger partial charge in [-0.1, -0.05) is 29.8 Å². The lowest BCUT2D eigenvalue weighted by Crippen LogP contribution is -2.17. The molecule has 0 amide bonds. The predicted molar refractivity (Wildman–Crippen MR) is 75.0 cm³/mol. The van der Waals surface area contributed by atoms with Crippen LogP contribution in [0.3, 0.4) is 0 Å². The van der Waals surface area contributed by atoms with Crippen LogP contribution in [0.25, 0.3) is 0 Å². The maximum atomic E-state index is 12.1. The first-order valence-electron chi connectivity index (χ1n) is 6.19. The minimum atomic E-state index is 0.0393. The van der Waals surface area contributed by atoms with Crippen molar-refractivity contribution < 1.29 is 0 Å². The van der Waals surface area contributed by atoms with Gasteiger partial charge in [0, 0.05) is 5.92 Å². The van der Waals surface area contributed by atoms with Gasteiger partial charge in [0.05, 0.1) is 12.2 Å². The van der Waals surface area contributed by atoms with E-state index in [-0.39, 0.29) is 5.56 Å². The smallest absolute Gasteiger partial charge is 0.281 e. The van der Waals surface area contributed by atoms with Crippen molar-refractivity contribution in [1.82, 2.24) is 9.78 Å². The number of aryl methyl sites for hydroxylation is 1. The van der Waals surface area contributed by atoms with Gasteiger partial charge in [-0.15, -0.1) is 0 Å². The van der Waals surface area contributed by atoms with Gasteiger partial charge in [-0.25, -0.2) is 4.68 Å². The molecule has 1 fully saturated rings. The lowest BCUT2D eigenvalue weighted by molar-refractivity contribution is 0.651. The third-order valence-electron chi connectivity index (χ3n) is 3.37. The van der Waals surface area contributed by atoms with Crippen molar-refractivity contribution in [2.45, 2.75) is 32.2 Å². The SMILES string of the molecule is Cc1ccc(Cn2[nH]c(C3CC3)c(Br)c2=O)cc1. The maximum absolute atomic E-state index is 12.1. The fourth-order valence-corrected chi connectivity index (χ4v) is 2.74. The van der Waals surface area contributed by atoms with Crippen LogP contribution in [-0.2, 0) is 6.54 Å². The van der Waals surface area contributed by atoms with E-state index in [0.717, 1.165) is 11.3 Å². The number of nitrogens with zero attached hydrogens (tertiary/aromatic N) is 1. The number of hydrogen-bond acceptors (Lipinski definition) is 1. The summed E-state index contributed by atoms with van der Waals surface area (Å²) in [5.41, 5.74) is 3.47. The maximum Gasteiger partial charge on any atom is 0.281 e. The van der Waals surface area contributed by atoms with Crippen molar-refractivity contribution in [1.29, 1.82) is 0 Å². The number of aromatic nitrogens is 2. The molecule has 3 nitrogen and oxygen atoms in total. The summed E-state index contributed by atoms with van der Waals surface area (Å²) in [6.07, 6.45) is 2.37. The Hall–Kier alpha value is -1.29. The van der Waals surface area contributed by atoms with Crippen LogP contribution in [0.2, 0.25) is 0 Å². The van der Waals surface area contributed by atoms with E-state index >= 15 is 0 Å². The zero-order valence-electron chi connectivity index (χ0n) is 10.2. The van der Waals surface area contributed by atoms with Crippen LogP contribution in [0.15, 0.2) is 33.5 Å². The van der Waals surface area contributed by atoms with Gasteiger partial charge in [0.2, 0.25) is 0 Å². The Bertz CT molecular complexity index is 620. The molecule has 1 saturated carbocycles. The fraction of sp³-hybridized carbons (Fsp3) is 0.357. The molecule has 1 heterocycles. The Morgan fingerprint density at radius 3 is 2.61 bits per heavy atom. The molecule has 94 valence electrons. The summed E-state index contributed by atoms with van der Waals surface area (Å²) < 4.78 is 2.39. The second-order valence-electron chi connectivity index (χ2n) is 4.99. The van der Waals surface area contributed by atoms with Crippen molar-refractivity contribution in [2.24, 2.45) is 0 Å². The van der Waals surface area contributed by atoms with Gasteiger partial charge >= 0.3 is 0 Å². The number of aromatic amines is 1. The topological polar surface area (TPSA) is 37.8 Å². The molecule has 0 spiro atoms. The number of halogens is 1. The molecule has 0 saturated heterocycles. The van der Waals surface area contributed by atoms with E-state index < -0.39 is 0 Å². The van der Waals surface area contributed by atoms with Gasteiger partial charge < -0.3 is 0 Å². The lowest BCUT2D eigenvalue weighted by Gasteiger charge is -2.03. The minimum Gasteiger partial charge on any atom is -0.298 e. The first-order valence-corrected chi connectivity index (χ1v) is 6.98. The molecular weight excluding hydrogens is 292 g/mol. The lowest BCUT2D eigenvalue weighted by atomic mass is 10.1. The second kappa shape index (κ2) is 4.43. The van der Waals surface area contributed by atoms with Crippen LogP contribution < -0.4 is 5.56 Å². The highest BCUT2D eigenvalue weighted by atomic mass is 79.9. The van der Waals surface area contributed by atoms with Crippen LogP contribution in [0.4, 0.5) is 0 Å². The second-order valence-corrected chi connectivity index (χ2v) is 5.78. The van der Waals surface area contributed by atoms with Gasteiger partial charge in [-0.2, -0.15) is 0 Å². The summed E-state index contributed by atoms with van der Waals surface area (Å²) in [5, 5.41) is 3.23. The summed E-state index contributed by atoms with van der Waals surface area (Å²) in [4.78, 5) is 12.1. The molecule has 1 N–H and O–H groups in total. The summed E-state index contributed by atoms with van der Waals surface area (Å²) in [6, 6.07) is 8.26. The summed E-state index contributed by atoms with van der Waals surface area (Å²) >= 11 is 3.40. The largest absolute Gasteiger partial charge is 0.298 e. The van der Waals surface area contributed by atoms with Crippen LogP contribution in [0, 0.1) is 6.92 Å². The van der Waals surface area contributed by atoms with Crippen molar-refractivity contribution >= 4 is 15.9 Å². The fourth-order valence-electron chi connectivity index (χ4n) is 2.11. The van der Waals surface area contributed by atoms with E-state index in [9.17, 15) is 4.79 Å². The number of hydrogen-bond donors (Lipinski definition) is 1. The van der Waals surface area contributed by atoms with Gasteiger partial charge in [0.15, 0.2) is 0 Å². The molecular formula is C14H15BrN2O. The van der Waals surface area contributed by atoms with Crippen LogP contribution in [0.1, 0.15) is 35.6 Å². The first-order chi connectivity index (χ1) is 8.65. The molecule has 0 atom stereocenters. The average molecular weight is 307 g/mol. The molecule has 0 radical (unpaired) electrons. The van der Waals surface area contributed by atoms with E-state index in [1.807, 2.05) is 0 Å². The molecule has 1 aliphatic carbocycles. The van der Waals surface area contributed by atoms with Gasteiger partial charge in [-0.05, 0) is 41.3 Å². The predicted octanol–water partition coefficient (Wildman–Crippen LogP) is 3.17. The van der Waals surface area contributed by atoms with E-state index in [2.05, 4.69) is 52.2 Å². The summed E-state index contributed by atoms with van der Waals surface area (Å²) in [6.45, 7) is 2.66. The van der Waals surface area contributed by atoms with Crippen LogP contribution in [0.5, 0.6) is 0 Å².